The van der Waals surface area contributed by atoms with Crippen LogP contribution in [0.2, 0.25) is 0 Å². The molecule has 2 rings (SSSR count). The summed E-state index contributed by atoms with van der Waals surface area (Å²) in [5, 5.41) is 20.9. The monoisotopic (exact) mass is 307 g/mol. The number of ether oxygens (including phenoxy) is 1. The number of nitro groups is 1. The van der Waals surface area contributed by atoms with Crippen molar-refractivity contribution in [3.63, 3.8) is 0 Å². The first-order chi connectivity index (χ1) is 9.81. The normalized spacial score (nSPS) is 12.2. The summed E-state index contributed by atoms with van der Waals surface area (Å²) in [6.07, 6.45) is -0.759. The van der Waals surface area contributed by atoms with Gasteiger partial charge in [0.1, 0.15) is 5.75 Å². The minimum atomic E-state index is -0.759. The Morgan fingerprint density at radius 1 is 1.29 bits per heavy atom. The summed E-state index contributed by atoms with van der Waals surface area (Å²) in [4.78, 5) is 11.2. The molecular formula is C15H17NO4S. The van der Waals surface area contributed by atoms with Crippen molar-refractivity contribution in [1.82, 2.24) is 0 Å². The molecule has 1 heterocycles. The van der Waals surface area contributed by atoms with E-state index in [1.54, 1.807) is 6.92 Å². The summed E-state index contributed by atoms with van der Waals surface area (Å²) in [6, 6.07) is 5.28. The molecule has 0 radical (unpaired) electrons. The van der Waals surface area contributed by atoms with Gasteiger partial charge in [-0.3, -0.25) is 10.1 Å². The molecule has 0 unspecified atom stereocenters. The highest BCUT2D eigenvalue weighted by Gasteiger charge is 2.24. The number of aryl methyl sites for hydroxylation is 2. The maximum absolute atomic E-state index is 11.1. The zero-order valence-electron chi connectivity index (χ0n) is 12.3. The van der Waals surface area contributed by atoms with Gasteiger partial charge in [0, 0.05) is 10.9 Å². The smallest absolute Gasteiger partial charge is 0.323 e. The van der Waals surface area contributed by atoms with Crippen LogP contribution in [-0.4, -0.2) is 10.0 Å². The maximum atomic E-state index is 11.1. The predicted molar refractivity (Wildman–Crippen MR) is 82.3 cm³/mol. The van der Waals surface area contributed by atoms with Crippen LogP contribution in [0.25, 0.3) is 0 Å². The Hall–Kier alpha value is -1.92. The molecule has 0 aliphatic rings. The molecule has 0 fully saturated rings. The highest BCUT2D eigenvalue weighted by Crippen LogP contribution is 2.43. The van der Waals surface area contributed by atoms with Crippen LogP contribution in [0.4, 0.5) is 5.69 Å². The van der Waals surface area contributed by atoms with E-state index in [4.69, 9.17) is 4.74 Å². The van der Waals surface area contributed by atoms with Crippen molar-refractivity contribution < 1.29 is 14.8 Å². The van der Waals surface area contributed by atoms with Gasteiger partial charge in [-0.05, 0) is 44.4 Å². The average molecular weight is 307 g/mol. The Morgan fingerprint density at radius 2 is 1.90 bits per heavy atom. The first-order valence-corrected chi connectivity index (χ1v) is 7.33. The average Bonchev–Trinajstić information content (AvgIpc) is 2.83. The van der Waals surface area contributed by atoms with Crippen molar-refractivity contribution >= 4 is 17.0 Å². The number of rotatable bonds is 4. The van der Waals surface area contributed by atoms with Crippen LogP contribution in [-0.2, 0) is 0 Å². The molecule has 21 heavy (non-hydrogen) atoms. The SMILES string of the molecule is Cc1ccc(C)c(Oc2sc([C@@H](C)O)cc2[N+](=O)[O-])c1C. The fraction of sp³-hybridized carbons (Fsp3) is 0.333. The summed E-state index contributed by atoms with van der Waals surface area (Å²) in [5.41, 5.74) is 2.82. The van der Waals surface area contributed by atoms with Gasteiger partial charge in [0.05, 0.1) is 11.0 Å². The van der Waals surface area contributed by atoms with Gasteiger partial charge in [-0.1, -0.05) is 23.5 Å². The number of hydrogen-bond acceptors (Lipinski definition) is 5. The molecule has 1 N–H and O–H groups in total. The lowest BCUT2D eigenvalue weighted by atomic mass is 10.1. The van der Waals surface area contributed by atoms with E-state index >= 15 is 0 Å². The molecule has 0 aliphatic carbocycles. The van der Waals surface area contributed by atoms with Crippen molar-refractivity contribution in [2.24, 2.45) is 0 Å². The first kappa shape index (κ1) is 15.5. The Balaban J connectivity index is 2.49. The first-order valence-electron chi connectivity index (χ1n) is 6.52. The van der Waals surface area contributed by atoms with Crippen LogP contribution in [0.5, 0.6) is 10.8 Å². The largest absolute Gasteiger partial charge is 0.439 e. The maximum Gasteiger partial charge on any atom is 0.323 e. The van der Waals surface area contributed by atoms with Gasteiger partial charge in [-0.2, -0.15) is 0 Å². The quantitative estimate of drug-likeness (QED) is 0.670. The van der Waals surface area contributed by atoms with E-state index in [-0.39, 0.29) is 10.8 Å². The Morgan fingerprint density at radius 3 is 2.48 bits per heavy atom. The number of aliphatic hydroxyl groups is 1. The molecule has 0 saturated carbocycles. The van der Waals surface area contributed by atoms with Gasteiger partial charge in [0.2, 0.25) is 0 Å². The summed E-state index contributed by atoms with van der Waals surface area (Å²) in [6.45, 7) is 7.36. The number of benzene rings is 1. The zero-order chi connectivity index (χ0) is 15.7. The molecule has 1 aromatic carbocycles. The van der Waals surface area contributed by atoms with E-state index in [2.05, 4.69) is 0 Å². The summed E-state index contributed by atoms with van der Waals surface area (Å²) < 4.78 is 5.81. The van der Waals surface area contributed by atoms with E-state index in [0.717, 1.165) is 28.0 Å². The molecule has 0 aliphatic heterocycles. The summed E-state index contributed by atoms with van der Waals surface area (Å²) >= 11 is 1.10. The lowest BCUT2D eigenvalue weighted by molar-refractivity contribution is -0.385. The predicted octanol–water partition coefficient (Wildman–Crippen LogP) is 4.43. The molecule has 0 bridgehead atoms. The van der Waals surface area contributed by atoms with Crippen LogP contribution >= 0.6 is 11.3 Å². The third-order valence-electron chi connectivity index (χ3n) is 3.38. The number of hydrogen-bond donors (Lipinski definition) is 1. The summed E-state index contributed by atoms with van der Waals surface area (Å²) in [5.74, 6) is 0.636. The lowest BCUT2D eigenvalue weighted by Crippen LogP contribution is -1.94. The molecule has 0 spiro atoms. The van der Waals surface area contributed by atoms with E-state index < -0.39 is 11.0 Å². The standard InChI is InChI=1S/C15H17NO4S/c1-8-5-6-9(2)14(10(8)3)20-15-12(16(18)19)7-13(21-15)11(4)17/h5-7,11,17H,1-4H3/t11-/m1/s1. The van der Waals surface area contributed by atoms with Gasteiger partial charge in [0.15, 0.2) is 0 Å². The number of nitrogens with zero attached hydrogens (tertiary/aromatic N) is 1. The fourth-order valence-electron chi connectivity index (χ4n) is 1.96. The molecule has 2 aromatic rings. The Bertz CT molecular complexity index is 691. The van der Waals surface area contributed by atoms with Crippen molar-refractivity contribution in [2.45, 2.75) is 33.8 Å². The molecule has 6 heteroatoms. The third-order valence-corrected chi connectivity index (χ3v) is 4.55. The molecule has 1 aromatic heterocycles. The van der Waals surface area contributed by atoms with Crippen molar-refractivity contribution in [3.8, 4) is 10.8 Å². The third kappa shape index (κ3) is 3.06. The minimum Gasteiger partial charge on any atom is -0.439 e. The van der Waals surface area contributed by atoms with E-state index in [0.29, 0.717) is 10.6 Å². The second kappa shape index (κ2) is 5.83. The highest BCUT2D eigenvalue weighted by molar-refractivity contribution is 7.14. The second-order valence-corrected chi connectivity index (χ2v) is 6.06. The van der Waals surface area contributed by atoms with Crippen LogP contribution in [0.3, 0.4) is 0 Å². The van der Waals surface area contributed by atoms with Crippen LogP contribution in [0.15, 0.2) is 18.2 Å². The zero-order valence-corrected chi connectivity index (χ0v) is 13.2. The molecule has 0 saturated heterocycles. The van der Waals surface area contributed by atoms with Gasteiger partial charge in [-0.15, -0.1) is 0 Å². The summed E-state index contributed by atoms with van der Waals surface area (Å²) in [7, 11) is 0. The highest BCUT2D eigenvalue weighted by atomic mass is 32.1. The van der Waals surface area contributed by atoms with Gasteiger partial charge in [-0.25, -0.2) is 0 Å². The van der Waals surface area contributed by atoms with Crippen LogP contribution in [0, 0.1) is 30.9 Å². The molecule has 5 nitrogen and oxygen atoms in total. The lowest BCUT2D eigenvalue weighted by Gasteiger charge is -2.12. The van der Waals surface area contributed by atoms with E-state index in [1.165, 1.54) is 6.07 Å². The van der Waals surface area contributed by atoms with Crippen molar-refractivity contribution in [2.75, 3.05) is 0 Å². The number of thiophene rings is 1. The van der Waals surface area contributed by atoms with Crippen LogP contribution in [0.1, 0.15) is 34.6 Å². The van der Waals surface area contributed by atoms with Gasteiger partial charge < -0.3 is 9.84 Å². The van der Waals surface area contributed by atoms with E-state index in [1.807, 2.05) is 32.9 Å². The Labute approximate surface area is 127 Å². The van der Waals surface area contributed by atoms with E-state index in [9.17, 15) is 15.2 Å². The second-order valence-electron chi connectivity index (χ2n) is 5.01. The van der Waals surface area contributed by atoms with Gasteiger partial charge in [0.25, 0.3) is 5.06 Å². The number of aliphatic hydroxyl groups excluding tert-OH is 1. The molecular weight excluding hydrogens is 290 g/mol. The van der Waals surface area contributed by atoms with Gasteiger partial charge >= 0.3 is 5.69 Å². The molecule has 112 valence electrons. The molecule has 1 atom stereocenters. The molecule has 0 amide bonds. The Kier molecular flexibility index (Phi) is 4.29. The topological polar surface area (TPSA) is 72.6 Å². The van der Waals surface area contributed by atoms with Crippen LogP contribution < -0.4 is 4.74 Å². The van der Waals surface area contributed by atoms with Crippen molar-refractivity contribution in [1.29, 1.82) is 0 Å². The minimum absolute atomic E-state index is 0.115. The van der Waals surface area contributed by atoms with Crippen molar-refractivity contribution in [3.05, 3.63) is 49.9 Å². The fourth-order valence-corrected chi connectivity index (χ4v) is 2.88.